The average Bonchev–Trinajstić information content (AvgIpc) is 3.10. The van der Waals surface area contributed by atoms with E-state index in [1.807, 2.05) is 19.3 Å². The number of ether oxygens (including phenoxy) is 1. The molecule has 0 atom stereocenters. The van der Waals surface area contributed by atoms with E-state index in [-0.39, 0.29) is 5.91 Å². The highest BCUT2D eigenvalue weighted by Gasteiger charge is 2.22. The molecule has 0 aromatic carbocycles. The molecule has 0 bridgehead atoms. The normalized spacial score (nSPS) is 16.1. The summed E-state index contributed by atoms with van der Waals surface area (Å²) >= 11 is 1.64. The van der Waals surface area contributed by atoms with E-state index in [2.05, 4.69) is 35.8 Å². The smallest absolute Gasteiger partial charge is 0.243 e. The topological polar surface area (TPSA) is 67.2 Å². The number of thiazole rings is 1. The third-order valence-electron chi connectivity index (χ3n) is 3.98. The number of hydrogen-bond acceptors (Lipinski definition) is 6. The number of nitrogens with zero attached hydrogens (tertiary/aromatic N) is 4. The summed E-state index contributed by atoms with van der Waals surface area (Å²) in [5.74, 6) is 0.709. The van der Waals surface area contributed by atoms with Crippen LogP contribution < -0.4 is 0 Å². The quantitative estimate of drug-likeness (QED) is 0.501. The molecule has 6 nitrogen and oxygen atoms in total. The van der Waals surface area contributed by atoms with E-state index in [0.29, 0.717) is 31.9 Å². The predicted octanol–water partition coefficient (Wildman–Crippen LogP) is 4.32. The van der Waals surface area contributed by atoms with Crippen LogP contribution in [0.1, 0.15) is 63.3 Å². The van der Waals surface area contributed by atoms with Crippen molar-refractivity contribution in [1.82, 2.24) is 9.99 Å². The van der Waals surface area contributed by atoms with Gasteiger partial charge in [-0.2, -0.15) is 5.10 Å². The minimum atomic E-state index is 0.0570. The molecule has 0 N–H and O–H groups in total. The number of carbonyl (C=O) groups is 1. The standard InChI is InChI=1S/C19H28N4O2S/c1-5-10-25-14(4)20-11-15(6-2)17-8-9-19(24)23(22-17)13-16-12-21-18(7-3)26-16/h11-12H,5-10,13H2,1-4H3/b15-11+,20-14?. The number of hydrazone groups is 1. The second-order valence-corrected chi connectivity index (χ2v) is 7.28. The number of amides is 1. The van der Waals surface area contributed by atoms with E-state index >= 15 is 0 Å². The Labute approximate surface area is 159 Å². The maximum atomic E-state index is 12.3. The summed E-state index contributed by atoms with van der Waals surface area (Å²) < 4.78 is 5.50. The molecule has 0 unspecified atom stereocenters. The number of rotatable bonds is 8. The summed E-state index contributed by atoms with van der Waals surface area (Å²) in [5, 5.41) is 7.26. The summed E-state index contributed by atoms with van der Waals surface area (Å²) in [5.41, 5.74) is 1.97. The summed E-state index contributed by atoms with van der Waals surface area (Å²) in [6.45, 7) is 9.23. The molecule has 0 aliphatic carbocycles. The fraction of sp³-hybridized carbons (Fsp3) is 0.579. The Hall–Kier alpha value is -2.02. The highest BCUT2D eigenvalue weighted by atomic mass is 32.1. The number of aromatic nitrogens is 1. The average molecular weight is 377 g/mol. The van der Waals surface area contributed by atoms with Crippen molar-refractivity contribution < 1.29 is 9.53 Å². The SMILES string of the molecule is CCCOC(C)=N/C=C(\CC)C1=NN(Cc2cnc(CC)s2)C(=O)CC1. The van der Waals surface area contributed by atoms with Crippen molar-refractivity contribution in [3.63, 3.8) is 0 Å². The van der Waals surface area contributed by atoms with Gasteiger partial charge < -0.3 is 4.74 Å². The molecule has 0 fully saturated rings. The molecular weight excluding hydrogens is 348 g/mol. The lowest BCUT2D eigenvalue weighted by atomic mass is 10.0. The monoisotopic (exact) mass is 376 g/mol. The Kier molecular flexibility index (Phi) is 7.97. The van der Waals surface area contributed by atoms with Crippen molar-refractivity contribution in [2.24, 2.45) is 10.1 Å². The molecule has 1 aromatic heterocycles. The fourth-order valence-electron chi connectivity index (χ4n) is 2.51. The molecule has 1 aromatic rings. The van der Waals surface area contributed by atoms with Crippen molar-refractivity contribution in [2.45, 2.75) is 66.3 Å². The Bertz CT molecular complexity index is 706. The number of aliphatic imine (C=N–C) groups is 1. The third kappa shape index (κ3) is 5.76. The zero-order valence-corrected chi connectivity index (χ0v) is 16.9. The van der Waals surface area contributed by atoms with Gasteiger partial charge >= 0.3 is 0 Å². The van der Waals surface area contributed by atoms with Gasteiger partial charge in [0.15, 0.2) is 5.90 Å². The number of hydrogen-bond donors (Lipinski definition) is 0. The van der Waals surface area contributed by atoms with E-state index in [1.54, 1.807) is 16.3 Å². The van der Waals surface area contributed by atoms with Gasteiger partial charge in [-0.3, -0.25) is 4.79 Å². The van der Waals surface area contributed by atoms with Crippen LogP contribution in [0.4, 0.5) is 0 Å². The van der Waals surface area contributed by atoms with Crippen LogP contribution in [-0.2, 0) is 22.5 Å². The van der Waals surface area contributed by atoms with Crippen LogP contribution in [0.2, 0.25) is 0 Å². The number of allylic oxidation sites excluding steroid dienone is 1. The van der Waals surface area contributed by atoms with Gasteiger partial charge in [0, 0.05) is 37.0 Å². The largest absolute Gasteiger partial charge is 0.481 e. The predicted molar refractivity (Wildman–Crippen MR) is 106 cm³/mol. The minimum absolute atomic E-state index is 0.0570. The third-order valence-corrected chi connectivity index (χ3v) is 5.11. The molecule has 0 radical (unpaired) electrons. The van der Waals surface area contributed by atoms with Gasteiger partial charge in [0.25, 0.3) is 0 Å². The van der Waals surface area contributed by atoms with Crippen molar-refractivity contribution >= 4 is 28.9 Å². The van der Waals surface area contributed by atoms with E-state index in [4.69, 9.17) is 4.74 Å². The molecule has 0 saturated carbocycles. The number of aryl methyl sites for hydroxylation is 1. The summed E-state index contributed by atoms with van der Waals surface area (Å²) in [7, 11) is 0. The molecular formula is C19H28N4O2S. The summed E-state index contributed by atoms with van der Waals surface area (Å²) in [4.78, 5) is 22.1. The lowest BCUT2D eigenvalue weighted by molar-refractivity contribution is -0.132. The van der Waals surface area contributed by atoms with Gasteiger partial charge in [0.1, 0.15) is 0 Å². The van der Waals surface area contributed by atoms with Crippen molar-refractivity contribution in [3.8, 4) is 0 Å². The first-order valence-corrected chi connectivity index (χ1v) is 10.1. The Morgan fingerprint density at radius 2 is 2.19 bits per heavy atom. The second-order valence-electron chi connectivity index (χ2n) is 6.08. The lowest BCUT2D eigenvalue weighted by Gasteiger charge is -2.23. The fourth-order valence-corrected chi connectivity index (χ4v) is 3.36. The molecule has 2 rings (SSSR count). The Morgan fingerprint density at radius 1 is 1.38 bits per heavy atom. The first-order valence-electron chi connectivity index (χ1n) is 9.25. The molecule has 1 aliphatic rings. The van der Waals surface area contributed by atoms with Crippen LogP contribution in [0.5, 0.6) is 0 Å². The first-order chi connectivity index (χ1) is 12.6. The van der Waals surface area contributed by atoms with Crippen LogP contribution in [0, 0.1) is 0 Å². The summed E-state index contributed by atoms with van der Waals surface area (Å²) in [6.07, 6.45) is 7.47. The van der Waals surface area contributed by atoms with E-state index in [9.17, 15) is 4.79 Å². The molecule has 1 amide bonds. The Balaban J connectivity index is 2.14. The second kappa shape index (κ2) is 10.2. The van der Waals surface area contributed by atoms with Crippen LogP contribution in [0.3, 0.4) is 0 Å². The molecule has 142 valence electrons. The van der Waals surface area contributed by atoms with Gasteiger partial charge in [-0.25, -0.2) is 15.0 Å². The number of carbonyl (C=O) groups excluding carboxylic acids is 1. The molecule has 26 heavy (non-hydrogen) atoms. The highest BCUT2D eigenvalue weighted by Crippen LogP contribution is 2.21. The van der Waals surface area contributed by atoms with Gasteiger partial charge in [-0.15, -0.1) is 11.3 Å². The molecule has 1 aliphatic heterocycles. The lowest BCUT2D eigenvalue weighted by Crippen LogP contribution is -2.31. The minimum Gasteiger partial charge on any atom is -0.481 e. The maximum absolute atomic E-state index is 12.3. The van der Waals surface area contributed by atoms with Crippen LogP contribution in [0.25, 0.3) is 0 Å². The van der Waals surface area contributed by atoms with Crippen LogP contribution >= 0.6 is 11.3 Å². The van der Waals surface area contributed by atoms with Crippen molar-refractivity contribution in [1.29, 1.82) is 0 Å². The van der Waals surface area contributed by atoms with Crippen molar-refractivity contribution in [2.75, 3.05) is 6.61 Å². The molecule has 0 saturated heterocycles. The Morgan fingerprint density at radius 3 is 2.85 bits per heavy atom. The van der Waals surface area contributed by atoms with E-state index in [0.717, 1.165) is 40.4 Å². The molecule has 7 heteroatoms. The zero-order chi connectivity index (χ0) is 18.9. The van der Waals surface area contributed by atoms with Gasteiger partial charge in [0.2, 0.25) is 5.91 Å². The summed E-state index contributed by atoms with van der Waals surface area (Å²) in [6, 6.07) is 0. The molecule has 2 heterocycles. The first kappa shape index (κ1) is 20.3. The van der Waals surface area contributed by atoms with E-state index < -0.39 is 0 Å². The van der Waals surface area contributed by atoms with Crippen molar-refractivity contribution in [3.05, 3.63) is 27.9 Å². The van der Waals surface area contributed by atoms with E-state index in [1.165, 1.54) is 0 Å². The van der Waals surface area contributed by atoms with Gasteiger partial charge in [-0.05, 0) is 24.8 Å². The highest BCUT2D eigenvalue weighted by molar-refractivity contribution is 7.11. The van der Waals surface area contributed by atoms with Crippen LogP contribution in [0.15, 0.2) is 28.1 Å². The van der Waals surface area contributed by atoms with Gasteiger partial charge in [-0.1, -0.05) is 20.8 Å². The molecule has 0 spiro atoms. The van der Waals surface area contributed by atoms with Gasteiger partial charge in [0.05, 0.1) is 23.9 Å². The maximum Gasteiger partial charge on any atom is 0.243 e. The van der Waals surface area contributed by atoms with Crippen LogP contribution in [-0.4, -0.2) is 34.1 Å². The zero-order valence-electron chi connectivity index (χ0n) is 16.1.